The van der Waals surface area contributed by atoms with Gasteiger partial charge in [0, 0.05) is 24.8 Å². The Kier molecular flexibility index (Phi) is 4.03. The molecule has 0 atom stereocenters. The molecule has 0 spiro atoms. The third-order valence-corrected chi connectivity index (χ3v) is 3.36. The molecule has 3 heteroatoms. The minimum atomic E-state index is -0.708. The Labute approximate surface area is 106 Å². The fourth-order valence-electron chi connectivity index (χ4n) is 2.28. The highest BCUT2D eigenvalue weighted by molar-refractivity contribution is 6.08. The number of carbonyl (C=O) groups excluding carboxylic acids is 3. The van der Waals surface area contributed by atoms with Crippen LogP contribution in [0.3, 0.4) is 0 Å². The molecule has 1 aromatic rings. The van der Waals surface area contributed by atoms with Crippen molar-refractivity contribution in [3.8, 4) is 0 Å². The molecule has 0 radical (unpaired) electrons. The lowest BCUT2D eigenvalue weighted by Crippen LogP contribution is -2.25. The lowest BCUT2D eigenvalue weighted by Gasteiger charge is -2.10. The van der Waals surface area contributed by atoms with Gasteiger partial charge < -0.3 is 0 Å². The summed E-state index contributed by atoms with van der Waals surface area (Å²) < 4.78 is 0. The maximum absolute atomic E-state index is 12.0. The van der Waals surface area contributed by atoms with E-state index in [2.05, 4.69) is 0 Å². The highest BCUT2D eigenvalue weighted by Crippen LogP contribution is 2.21. The van der Waals surface area contributed by atoms with Crippen molar-refractivity contribution in [2.75, 3.05) is 0 Å². The molecule has 1 saturated carbocycles. The summed E-state index contributed by atoms with van der Waals surface area (Å²) in [4.78, 5) is 35.6. The molecule has 0 heterocycles. The molecule has 1 fully saturated rings. The van der Waals surface area contributed by atoms with E-state index in [0.29, 0.717) is 18.4 Å². The number of benzene rings is 1. The van der Waals surface area contributed by atoms with Crippen molar-refractivity contribution in [2.24, 2.45) is 5.92 Å². The number of ketones is 3. The molecule has 0 aromatic heterocycles. The molecule has 1 aliphatic carbocycles. The van der Waals surface area contributed by atoms with Crippen LogP contribution in [0.4, 0.5) is 0 Å². The van der Waals surface area contributed by atoms with E-state index >= 15 is 0 Å². The van der Waals surface area contributed by atoms with E-state index in [1.807, 2.05) is 6.07 Å². The molecule has 0 saturated heterocycles. The summed E-state index contributed by atoms with van der Waals surface area (Å²) in [5.74, 6) is -0.965. The van der Waals surface area contributed by atoms with Gasteiger partial charge in [-0.05, 0) is 12.8 Å². The second-order valence-electron chi connectivity index (χ2n) is 4.69. The first-order chi connectivity index (χ1) is 8.68. The zero-order valence-corrected chi connectivity index (χ0v) is 10.2. The first-order valence-corrected chi connectivity index (χ1v) is 6.32. The van der Waals surface area contributed by atoms with Crippen molar-refractivity contribution in [3.63, 3.8) is 0 Å². The second-order valence-corrected chi connectivity index (χ2v) is 4.69. The SMILES string of the molecule is O=C(CC1C(=O)CCCCC1=O)c1ccccc1. The van der Waals surface area contributed by atoms with E-state index in [1.54, 1.807) is 24.3 Å². The van der Waals surface area contributed by atoms with E-state index in [0.717, 1.165) is 12.8 Å². The van der Waals surface area contributed by atoms with Gasteiger partial charge in [0.25, 0.3) is 0 Å². The van der Waals surface area contributed by atoms with Gasteiger partial charge in [0.1, 0.15) is 11.6 Å². The van der Waals surface area contributed by atoms with Crippen molar-refractivity contribution in [3.05, 3.63) is 35.9 Å². The largest absolute Gasteiger partial charge is 0.299 e. The molecule has 1 aromatic carbocycles. The van der Waals surface area contributed by atoms with Crippen LogP contribution in [0.2, 0.25) is 0 Å². The minimum Gasteiger partial charge on any atom is -0.299 e. The Morgan fingerprint density at radius 3 is 2.11 bits per heavy atom. The quantitative estimate of drug-likeness (QED) is 0.466. The number of Topliss-reactive ketones (excluding diaryl/α,β-unsaturated/α-hetero) is 3. The van der Waals surface area contributed by atoms with E-state index in [4.69, 9.17) is 0 Å². The zero-order valence-electron chi connectivity index (χ0n) is 10.2. The molecule has 0 bridgehead atoms. The van der Waals surface area contributed by atoms with Gasteiger partial charge in [-0.1, -0.05) is 30.3 Å². The number of rotatable bonds is 3. The average Bonchev–Trinajstić information content (AvgIpc) is 2.55. The second kappa shape index (κ2) is 5.71. The van der Waals surface area contributed by atoms with Gasteiger partial charge in [-0.3, -0.25) is 14.4 Å². The molecule has 2 rings (SSSR count). The Hall–Kier alpha value is -1.77. The third-order valence-electron chi connectivity index (χ3n) is 3.36. The van der Waals surface area contributed by atoms with Gasteiger partial charge in [0.2, 0.25) is 0 Å². The lowest BCUT2D eigenvalue weighted by atomic mass is 9.90. The van der Waals surface area contributed by atoms with Crippen LogP contribution >= 0.6 is 0 Å². The molecule has 0 N–H and O–H groups in total. The normalized spacial score (nSPS) is 17.6. The molecule has 94 valence electrons. The minimum absolute atomic E-state index is 0.0294. The topological polar surface area (TPSA) is 51.2 Å². The Morgan fingerprint density at radius 2 is 1.56 bits per heavy atom. The molecule has 3 nitrogen and oxygen atoms in total. The summed E-state index contributed by atoms with van der Waals surface area (Å²) >= 11 is 0. The van der Waals surface area contributed by atoms with Crippen molar-refractivity contribution in [1.29, 1.82) is 0 Å². The van der Waals surface area contributed by atoms with E-state index in [9.17, 15) is 14.4 Å². The Bertz CT molecular complexity index is 444. The van der Waals surface area contributed by atoms with Crippen LogP contribution in [0.1, 0.15) is 42.5 Å². The number of carbonyl (C=O) groups is 3. The Balaban J connectivity index is 2.10. The third kappa shape index (κ3) is 2.92. The monoisotopic (exact) mass is 244 g/mol. The molecular formula is C15H16O3. The summed E-state index contributed by atoms with van der Waals surface area (Å²) in [6, 6.07) is 8.83. The zero-order chi connectivity index (χ0) is 13.0. The highest BCUT2D eigenvalue weighted by atomic mass is 16.2. The predicted molar refractivity (Wildman–Crippen MR) is 67.4 cm³/mol. The first kappa shape index (κ1) is 12.7. The lowest BCUT2D eigenvalue weighted by molar-refractivity contribution is -0.131. The number of hydrogen-bond acceptors (Lipinski definition) is 3. The summed E-state index contributed by atoms with van der Waals surface area (Å²) in [6.07, 6.45) is 2.42. The number of hydrogen-bond donors (Lipinski definition) is 0. The maximum Gasteiger partial charge on any atom is 0.164 e. The van der Waals surface area contributed by atoms with Gasteiger partial charge >= 0.3 is 0 Å². The van der Waals surface area contributed by atoms with E-state index in [1.165, 1.54) is 0 Å². The van der Waals surface area contributed by atoms with Crippen molar-refractivity contribution < 1.29 is 14.4 Å². The standard InChI is InChI=1S/C15H16O3/c16-13-8-4-5-9-14(17)12(13)10-15(18)11-6-2-1-3-7-11/h1-3,6-7,12H,4-5,8-10H2. The van der Waals surface area contributed by atoms with Gasteiger partial charge in [0.05, 0.1) is 5.92 Å². The molecule has 0 unspecified atom stereocenters. The molecule has 18 heavy (non-hydrogen) atoms. The molecule has 0 amide bonds. The predicted octanol–water partition coefficient (Wildman–Crippen LogP) is 2.59. The fourth-order valence-corrected chi connectivity index (χ4v) is 2.28. The van der Waals surface area contributed by atoms with Crippen LogP contribution in [-0.2, 0) is 9.59 Å². The summed E-state index contributed by atoms with van der Waals surface area (Å²) in [5, 5.41) is 0. The van der Waals surface area contributed by atoms with Crippen LogP contribution in [0, 0.1) is 5.92 Å². The maximum atomic E-state index is 12.0. The van der Waals surface area contributed by atoms with Gasteiger partial charge in [-0.15, -0.1) is 0 Å². The highest BCUT2D eigenvalue weighted by Gasteiger charge is 2.30. The van der Waals surface area contributed by atoms with Gasteiger partial charge in [-0.25, -0.2) is 0 Å². The summed E-state index contributed by atoms with van der Waals surface area (Å²) in [6.45, 7) is 0. The van der Waals surface area contributed by atoms with Crippen LogP contribution in [-0.4, -0.2) is 17.3 Å². The van der Waals surface area contributed by atoms with Crippen LogP contribution < -0.4 is 0 Å². The van der Waals surface area contributed by atoms with E-state index in [-0.39, 0.29) is 23.8 Å². The van der Waals surface area contributed by atoms with Crippen LogP contribution in [0.5, 0.6) is 0 Å². The Morgan fingerprint density at radius 1 is 1.00 bits per heavy atom. The van der Waals surface area contributed by atoms with Crippen LogP contribution in [0.25, 0.3) is 0 Å². The van der Waals surface area contributed by atoms with Crippen molar-refractivity contribution in [2.45, 2.75) is 32.1 Å². The molecule has 1 aliphatic rings. The van der Waals surface area contributed by atoms with E-state index < -0.39 is 5.92 Å². The molecular weight excluding hydrogens is 228 g/mol. The van der Waals surface area contributed by atoms with Gasteiger partial charge in [-0.2, -0.15) is 0 Å². The summed E-state index contributed by atoms with van der Waals surface area (Å²) in [7, 11) is 0. The van der Waals surface area contributed by atoms with Crippen molar-refractivity contribution in [1.82, 2.24) is 0 Å². The van der Waals surface area contributed by atoms with Gasteiger partial charge in [0.15, 0.2) is 5.78 Å². The smallest absolute Gasteiger partial charge is 0.164 e. The van der Waals surface area contributed by atoms with Crippen molar-refractivity contribution >= 4 is 17.3 Å². The first-order valence-electron chi connectivity index (χ1n) is 6.32. The fraction of sp³-hybridized carbons (Fsp3) is 0.400. The molecule has 0 aliphatic heterocycles. The van der Waals surface area contributed by atoms with Crippen LogP contribution in [0.15, 0.2) is 30.3 Å². The average molecular weight is 244 g/mol. The summed E-state index contributed by atoms with van der Waals surface area (Å²) in [5.41, 5.74) is 0.572.